The lowest BCUT2D eigenvalue weighted by Crippen LogP contribution is -2.32. The maximum atomic E-state index is 10.6. The van der Waals surface area contributed by atoms with Crippen molar-refractivity contribution in [1.82, 2.24) is 15.6 Å². The fourth-order valence-electron chi connectivity index (χ4n) is 0.584. The normalized spacial score (nSPS) is 9.18. The van der Waals surface area contributed by atoms with Crippen molar-refractivity contribution in [1.29, 1.82) is 0 Å². The van der Waals surface area contributed by atoms with Crippen molar-refractivity contribution in [3.8, 4) is 0 Å². The van der Waals surface area contributed by atoms with Gasteiger partial charge in [-0.05, 0) is 0 Å². The molecule has 0 aromatic carbocycles. The molecule has 1 aromatic rings. The number of nitrogens with one attached hydrogen (secondary N) is 2. The Morgan fingerprint density at radius 1 is 1.82 bits per heavy atom. The second kappa shape index (κ2) is 3.60. The molecule has 5 heteroatoms. The first-order valence-corrected chi connectivity index (χ1v) is 3.15. The van der Waals surface area contributed by atoms with E-state index in [-0.39, 0.29) is 6.03 Å². The summed E-state index contributed by atoms with van der Waals surface area (Å²) in [6.07, 6.45) is 2.80. The monoisotopic (exact) mass is 155 g/mol. The molecule has 0 unspecified atom stereocenters. The standard InChI is InChI=1S/C6H9N3O2/c1-7-6(10)8-2-5-3-11-4-9-5/h3-4H,2H2,1H3,(H2,7,8,10). The Morgan fingerprint density at radius 2 is 2.64 bits per heavy atom. The van der Waals surface area contributed by atoms with Crippen molar-refractivity contribution in [2.24, 2.45) is 0 Å². The Morgan fingerprint density at radius 3 is 3.18 bits per heavy atom. The zero-order valence-electron chi connectivity index (χ0n) is 6.13. The Hall–Kier alpha value is -1.52. The summed E-state index contributed by atoms with van der Waals surface area (Å²) in [6.45, 7) is 0.385. The molecule has 0 saturated heterocycles. The maximum Gasteiger partial charge on any atom is 0.314 e. The molecule has 0 aliphatic rings. The van der Waals surface area contributed by atoms with E-state index in [1.54, 1.807) is 7.05 Å². The van der Waals surface area contributed by atoms with Crippen molar-refractivity contribution in [2.75, 3.05) is 7.05 Å². The minimum absolute atomic E-state index is 0.229. The van der Waals surface area contributed by atoms with E-state index in [2.05, 4.69) is 15.6 Å². The van der Waals surface area contributed by atoms with Gasteiger partial charge in [-0.1, -0.05) is 0 Å². The minimum atomic E-state index is -0.229. The van der Waals surface area contributed by atoms with Gasteiger partial charge < -0.3 is 15.1 Å². The van der Waals surface area contributed by atoms with Crippen molar-refractivity contribution < 1.29 is 9.21 Å². The van der Waals surface area contributed by atoms with Crippen molar-refractivity contribution in [3.05, 3.63) is 18.4 Å². The molecular formula is C6H9N3O2. The predicted molar refractivity (Wildman–Crippen MR) is 37.8 cm³/mol. The van der Waals surface area contributed by atoms with Crippen LogP contribution in [0.5, 0.6) is 0 Å². The quantitative estimate of drug-likeness (QED) is 0.636. The number of urea groups is 1. The summed E-state index contributed by atoms with van der Waals surface area (Å²) in [5.41, 5.74) is 0.702. The highest BCUT2D eigenvalue weighted by atomic mass is 16.3. The molecular weight excluding hydrogens is 146 g/mol. The van der Waals surface area contributed by atoms with Gasteiger partial charge in [-0.2, -0.15) is 0 Å². The van der Waals surface area contributed by atoms with Gasteiger partial charge in [0.15, 0.2) is 6.39 Å². The fourth-order valence-corrected chi connectivity index (χ4v) is 0.584. The van der Waals surface area contributed by atoms with Gasteiger partial charge in [-0.15, -0.1) is 0 Å². The average Bonchev–Trinajstić information content (AvgIpc) is 2.52. The van der Waals surface area contributed by atoms with Gasteiger partial charge in [0.05, 0.1) is 12.2 Å². The SMILES string of the molecule is CNC(=O)NCc1cocn1. The molecule has 1 heterocycles. The summed E-state index contributed by atoms with van der Waals surface area (Å²) < 4.78 is 4.70. The second-order valence-electron chi connectivity index (χ2n) is 1.91. The van der Waals surface area contributed by atoms with Crippen molar-refractivity contribution >= 4 is 6.03 Å². The Kier molecular flexibility index (Phi) is 2.48. The number of nitrogens with zero attached hydrogens (tertiary/aromatic N) is 1. The molecule has 2 amide bonds. The van der Waals surface area contributed by atoms with E-state index in [1.807, 2.05) is 0 Å². The fraction of sp³-hybridized carbons (Fsp3) is 0.333. The van der Waals surface area contributed by atoms with Gasteiger partial charge >= 0.3 is 6.03 Å². The average molecular weight is 155 g/mol. The van der Waals surface area contributed by atoms with Crippen LogP contribution in [0, 0.1) is 0 Å². The third-order valence-electron chi connectivity index (χ3n) is 1.14. The molecule has 0 aliphatic carbocycles. The summed E-state index contributed by atoms with van der Waals surface area (Å²) in [6, 6.07) is -0.229. The van der Waals surface area contributed by atoms with E-state index in [9.17, 15) is 4.79 Å². The lowest BCUT2D eigenvalue weighted by atomic mass is 10.5. The number of aromatic nitrogens is 1. The molecule has 0 bridgehead atoms. The summed E-state index contributed by atoms with van der Waals surface area (Å²) in [5.74, 6) is 0. The van der Waals surface area contributed by atoms with Gasteiger partial charge in [0, 0.05) is 7.05 Å². The number of hydrogen-bond donors (Lipinski definition) is 2. The number of carbonyl (C=O) groups is 1. The lowest BCUT2D eigenvalue weighted by molar-refractivity contribution is 0.242. The number of amides is 2. The highest BCUT2D eigenvalue weighted by Crippen LogP contribution is 1.91. The van der Waals surface area contributed by atoms with Crippen LogP contribution in [0.4, 0.5) is 4.79 Å². The summed E-state index contributed by atoms with van der Waals surface area (Å²) in [7, 11) is 1.55. The molecule has 1 aromatic heterocycles. The molecule has 0 fully saturated rings. The highest BCUT2D eigenvalue weighted by Gasteiger charge is 1.97. The molecule has 1 rings (SSSR count). The maximum absolute atomic E-state index is 10.6. The third kappa shape index (κ3) is 2.29. The van der Waals surface area contributed by atoms with Gasteiger partial charge in [0.2, 0.25) is 0 Å². The van der Waals surface area contributed by atoms with Gasteiger partial charge in [-0.25, -0.2) is 9.78 Å². The third-order valence-corrected chi connectivity index (χ3v) is 1.14. The van der Waals surface area contributed by atoms with E-state index >= 15 is 0 Å². The molecule has 0 spiro atoms. The summed E-state index contributed by atoms with van der Waals surface area (Å²) in [4.78, 5) is 14.4. The molecule has 60 valence electrons. The first kappa shape index (κ1) is 7.59. The molecule has 0 aliphatic heterocycles. The van der Waals surface area contributed by atoms with Crippen molar-refractivity contribution in [2.45, 2.75) is 6.54 Å². The predicted octanol–water partition coefficient (Wildman–Crippen LogP) is 0.104. The number of oxazole rings is 1. The zero-order valence-corrected chi connectivity index (χ0v) is 6.13. The van der Waals surface area contributed by atoms with Crippen LogP contribution in [0.1, 0.15) is 5.69 Å². The van der Waals surface area contributed by atoms with E-state index in [0.29, 0.717) is 12.2 Å². The van der Waals surface area contributed by atoms with Gasteiger partial charge in [0.1, 0.15) is 6.26 Å². The van der Waals surface area contributed by atoms with E-state index in [1.165, 1.54) is 12.7 Å². The minimum Gasteiger partial charge on any atom is -0.451 e. The van der Waals surface area contributed by atoms with Crippen LogP contribution in [0.2, 0.25) is 0 Å². The molecule has 0 atom stereocenters. The Bertz CT molecular complexity index is 220. The van der Waals surface area contributed by atoms with E-state index in [4.69, 9.17) is 4.42 Å². The molecule has 5 nitrogen and oxygen atoms in total. The van der Waals surface area contributed by atoms with Crippen LogP contribution in [-0.2, 0) is 6.54 Å². The largest absolute Gasteiger partial charge is 0.451 e. The molecule has 0 saturated carbocycles. The first-order valence-electron chi connectivity index (χ1n) is 3.15. The van der Waals surface area contributed by atoms with Gasteiger partial charge in [-0.3, -0.25) is 0 Å². The molecule has 0 radical (unpaired) electrons. The first-order chi connectivity index (χ1) is 5.33. The smallest absolute Gasteiger partial charge is 0.314 e. The molecule has 11 heavy (non-hydrogen) atoms. The van der Waals surface area contributed by atoms with Crippen LogP contribution < -0.4 is 10.6 Å². The molecule has 2 N–H and O–H groups in total. The van der Waals surface area contributed by atoms with Crippen LogP contribution in [0.3, 0.4) is 0 Å². The van der Waals surface area contributed by atoms with Crippen LogP contribution in [-0.4, -0.2) is 18.1 Å². The lowest BCUT2D eigenvalue weighted by Gasteiger charge is -1.99. The van der Waals surface area contributed by atoms with Crippen LogP contribution in [0.15, 0.2) is 17.1 Å². The zero-order chi connectivity index (χ0) is 8.10. The summed E-state index contributed by atoms with van der Waals surface area (Å²) >= 11 is 0. The number of rotatable bonds is 2. The van der Waals surface area contributed by atoms with E-state index in [0.717, 1.165) is 0 Å². The van der Waals surface area contributed by atoms with E-state index < -0.39 is 0 Å². The Labute approximate surface area is 63.8 Å². The number of carbonyl (C=O) groups excluding carboxylic acids is 1. The summed E-state index contributed by atoms with van der Waals surface area (Å²) in [5, 5.41) is 4.98. The number of hydrogen-bond acceptors (Lipinski definition) is 3. The van der Waals surface area contributed by atoms with Crippen LogP contribution >= 0.6 is 0 Å². The second-order valence-corrected chi connectivity index (χ2v) is 1.91. The van der Waals surface area contributed by atoms with Crippen molar-refractivity contribution in [3.63, 3.8) is 0 Å². The highest BCUT2D eigenvalue weighted by molar-refractivity contribution is 5.73. The van der Waals surface area contributed by atoms with Crippen LogP contribution in [0.25, 0.3) is 0 Å². The Balaban J connectivity index is 2.29. The topological polar surface area (TPSA) is 67.2 Å². The van der Waals surface area contributed by atoms with Gasteiger partial charge in [0.25, 0.3) is 0 Å².